The van der Waals surface area contributed by atoms with Gasteiger partial charge in [0.25, 0.3) is 5.91 Å². The van der Waals surface area contributed by atoms with E-state index in [4.69, 9.17) is 14.6 Å². The molecular weight excluding hydrogens is 376 g/mol. The number of carboxylic acid groups (broad SMARTS) is 1. The number of para-hydroxylation sites is 1. The number of aliphatic carboxylic acids is 1. The molecule has 0 radical (unpaired) electrons. The molecule has 29 heavy (non-hydrogen) atoms. The van der Waals surface area contributed by atoms with Gasteiger partial charge in [0.05, 0.1) is 12.2 Å². The lowest BCUT2D eigenvalue weighted by atomic mass is 10.1. The van der Waals surface area contributed by atoms with E-state index in [0.717, 1.165) is 12.2 Å². The fourth-order valence-corrected chi connectivity index (χ4v) is 2.82. The van der Waals surface area contributed by atoms with Crippen molar-refractivity contribution in [2.45, 2.75) is 13.0 Å². The van der Waals surface area contributed by atoms with Crippen LogP contribution in [-0.4, -0.2) is 42.1 Å². The summed E-state index contributed by atoms with van der Waals surface area (Å²) >= 11 is 0. The van der Waals surface area contributed by atoms with Gasteiger partial charge in [-0.25, -0.2) is 4.79 Å². The summed E-state index contributed by atoms with van der Waals surface area (Å²) < 4.78 is 11.3. The van der Waals surface area contributed by atoms with Crippen molar-refractivity contribution in [1.29, 1.82) is 0 Å². The summed E-state index contributed by atoms with van der Waals surface area (Å²) in [7, 11) is 0. The minimum Gasteiger partial charge on any atom is -0.492 e. The quantitative estimate of drug-likeness (QED) is 0.697. The summed E-state index contributed by atoms with van der Waals surface area (Å²) in [6.45, 7) is 2.24. The van der Waals surface area contributed by atoms with Crippen LogP contribution in [0.1, 0.15) is 6.92 Å². The molecule has 1 aliphatic rings. The first-order chi connectivity index (χ1) is 13.9. The smallest absolute Gasteiger partial charge is 0.328 e. The first kappa shape index (κ1) is 19.9. The number of fused-ring (bicyclic) bond motifs is 1. The van der Waals surface area contributed by atoms with Crippen molar-refractivity contribution in [2.75, 3.05) is 23.4 Å². The largest absolute Gasteiger partial charge is 0.492 e. The number of hydrogen-bond donors (Lipinski definition) is 2. The fraction of sp³-hybridized carbons (Fsp3) is 0.190. The van der Waals surface area contributed by atoms with Crippen LogP contribution in [-0.2, 0) is 14.4 Å². The van der Waals surface area contributed by atoms with Crippen molar-refractivity contribution in [3.05, 3.63) is 60.7 Å². The molecular formula is C21H20N2O6. The molecule has 0 aromatic heterocycles. The Labute approximate surface area is 167 Å². The standard InChI is InChI=1S/C21H20N2O6/c1-14-21(27)23(11-12-28-16-5-3-2-4-6-16)17-13-15(7-8-18(17)29-14)22-19(24)9-10-20(25)26/h2-10,13-14H,11-12H2,1H3,(H,22,24)(H,25,26)/b10-9+. The van der Waals surface area contributed by atoms with Crippen LogP contribution >= 0.6 is 0 Å². The number of ether oxygens (including phenoxy) is 2. The van der Waals surface area contributed by atoms with Crippen molar-refractivity contribution in [3.8, 4) is 11.5 Å². The highest BCUT2D eigenvalue weighted by Gasteiger charge is 2.31. The number of carbonyl (C=O) groups excluding carboxylic acids is 2. The fourth-order valence-electron chi connectivity index (χ4n) is 2.82. The highest BCUT2D eigenvalue weighted by atomic mass is 16.5. The van der Waals surface area contributed by atoms with E-state index in [1.165, 1.54) is 0 Å². The number of anilines is 2. The van der Waals surface area contributed by atoms with Gasteiger partial charge in [0.1, 0.15) is 18.1 Å². The highest BCUT2D eigenvalue weighted by Crippen LogP contribution is 2.36. The van der Waals surface area contributed by atoms with Crippen LogP contribution in [0.3, 0.4) is 0 Å². The Hall–Kier alpha value is -3.81. The molecule has 8 heteroatoms. The molecule has 1 heterocycles. The number of rotatable bonds is 7. The minimum absolute atomic E-state index is 0.219. The Morgan fingerprint density at radius 2 is 1.97 bits per heavy atom. The maximum absolute atomic E-state index is 12.6. The average molecular weight is 396 g/mol. The third kappa shape index (κ3) is 5.13. The Bertz CT molecular complexity index is 941. The number of carbonyl (C=O) groups is 3. The van der Waals surface area contributed by atoms with Crippen LogP contribution < -0.4 is 19.7 Å². The predicted octanol–water partition coefficient (Wildman–Crippen LogP) is 2.46. The third-order valence-electron chi connectivity index (χ3n) is 4.14. The molecule has 0 aliphatic carbocycles. The molecule has 2 aromatic carbocycles. The second kappa shape index (κ2) is 8.92. The monoisotopic (exact) mass is 396 g/mol. The minimum atomic E-state index is -1.22. The Morgan fingerprint density at radius 1 is 1.21 bits per heavy atom. The molecule has 0 saturated heterocycles. The molecule has 2 aromatic rings. The van der Waals surface area contributed by atoms with Crippen LogP contribution in [0.2, 0.25) is 0 Å². The van der Waals surface area contributed by atoms with Crippen LogP contribution in [0.5, 0.6) is 11.5 Å². The SMILES string of the molecule is CC1Oc2ccc(NC(=O)/C=C/C(=O)O)cc2N(CCOc2ccccc2)C1=O. The van der Waals surface area contributed by atoms with Gasteiger partial charge in [-0.2, -0.15) is 0 Å². The van der Waals surface area contributed by atoms with E-state index in [-0.39, 0.29) is 12.5 Å². The van der Waals surface area contributed by atoms with Gasteiger partial charge in [0.2, 0.25) is 5.91 Å². The molecule has 3 rings (SSSR count). The average Bonchev–Trinajstić information content (AvgIpc) is 2.70. The normalized spacial score (nSPS) is 15.6. The van der Waals surface area contributed by atoms with Gasteiger partial charge in [-0.3, -0.25) is 9.59 Å². The first-order valence-electron chi connectivity index (χ1n) is 8.96. The van der Waals surface area contributed by atoms with Crippen LogP contribution in [0.25, 0.3) is 0 Å². The number of nitrogens with one attached hydrogen (secondary N) is 1. The van der Waals surface area contributed by atoms with Crippen LogP contribution in [0.4, 0.5) is 11.4 Å². The van der Waals surface area contributed by atoms with Crippen molar-refractivity contribution in [3.63, 3.8) is 0 Å². The molecule has 0 fully saturated rings. The van der Waals surface area contributed by atoms with Gasteiger partial charge >= 0.3 is 5.97 Å². The number of benzene rings is 2. The van der Waals surface area contributed by atoms with Crippen molar-refractivity contribution in [1.82, 2.24) is 0 Å². The molecule has 1 unspecified atom stereocenters. The zero-order chi connectivity index (χ0) is 20.8. The topological polar surface area (TPSA) is 105 Å². The van der Waals surface area contributed by atoms with Crippen molar-refractivity contribution in [2.24, 2.45) is 0 Å². The number of carboxylic acids is 1. The summed E-state index contributed by atoms with van der Waals surface area (Å²) in [5.74, 6) is -0.821. The van der Waals surface area contributed by atoms with Crippen LogP contribution in [0, 0.1) is 0 Å². The summed E-state index contributed by atoms with van der Waals surface area (Å²) in [6, 6.07) is 14.1. The van der Waals surface area contributed by atoms with Gasteiger partial charge in [-0.05, 0) is 37.3 Å². The maximum atomic E-state index is 12.6. The van der Waals surface area contributed by atoms with E-state index in [1.54, 1.807) is 30.0 Å². The lowest BCUT2D eigenvalue weighted by Gasteiger charge is -2.33. The summed E-state index contributed by atoms with van der Waals surface area (Å²) in [5.41, 5.74) is 0.911. The van der Waals surface area contributed by atoms with E-state index < -0.39 is 18.0 Å². The van der Waals surface area contributed by atoms with Gasteiger partial charge in [0.15, 0.2) is 6.10 Å². The molecule has 8 nitrogen and oxygen atoms in total. The lowest BCUT2D eigenvalue weighted by molar-refractivity contribution is -0.131. The van der Waals surface area contributed by atoms with Crippen molar-refractivity contribution >= 4 is 29.2 Å². The maximum Gasteiger partial charge on any atom is 0.328 e. The van der Waals surface area contributed by atoms with Gasteiger partial charge in [0, 0.05) is 17.8 Å². The second-order valence-electron chi connectivity index (χ2n) is 6.25. The second-order valence-corrected chi connectivity index (χ2v) is 6.25. The molecule has 1 aliphatic heterocycles. The molecule has 150 valence electrons. The van der Waals surface area contributed by atoms with E-state index in [9.17, 15) is 14.4 Å². The predicted molar refractivity (Wildman–Crippen MR) is 106 cm³/mol. The number of amides is 2. The van der Waals surface area contributed by atoms with Crippen LogP contribution in [0.15, 0.2) is 60.7 Å². The Balaban J connectivity index is 1.75. The van der Waals surface area contributed by atoms with Crippen molar-refractivity contribution < 1.29 is 29.0 Å². The van der Waals surface area contributed by atoms with E-state index >= 15 is 0 Å². The molecule has 0 saturated carbocycles. The molecule has 0 spiro atoms. The molecule has 1 atom stereocenters. The lowest BCUT2D eigenvalue weighted by Crippen LogP contribution is -2.46. The summed E-state index contributed by atoms with van der Waals surface area (Å²) in [5, 5.41) is 11.2. The van der Waals surface area contributed by atoms with E-state index in [2.05, 4.69) is 5.32 Å². The number of hydrogen-bond acceptors (Lipinski definition) is 5. The zero-order valence-electron chi connectivity index (χ0n) is 15.7. The molecule has 2 N–H and O–H groups in total. The van der Waals surface area contributed by atoms with E-state index in [1.807, 2.05) is 30.3 Å². The Kier molecular flexibility index (Phi) is 6.13. The molecule has 2 amide bonds. The first-order valence-corrected chi connectivity index (χ1v) is 8.96. The summed E-state index contributed by atoms with van der Waals surface area (Å²) in [6.07, 6.45) is 1.02. The zero-order valence-corrected chi connectivity index (χ0v) is 15.7. The van der Waals surface area contributed by atoms with Gasteiger partial charge in [-0.15, -0.1) is 0 Å². The number of nitrogens with zero attached hydrogens (tertiary/aromatic N) is 1. The highest BCUT2D eigenvalue weighted by molar-refractivity contribution is 6.04. The van der Waals surface area contributed by atoms with E-state index in [0.29, 0.717) is 29.4 Å². The third-order valence-corrected chi connectivity index (χ3v) is 4.14. The summed E-state index contributed by atoms with van der Waals surface area (Å²) in [4.78, 5) is 36.5. The van der Waals surface area contributed by atoms with Gasteiger partial charge < -0.3 is 24.8 Å². The molecule has 0 bridgehead atoms. The van der Waals surface area contributed by atoms with Gasteiger partial charge in [-0.1, -0.05) is 18.2 Å². The Morgan fingerprint density at radius 3 is 2.69 bits per heavy atom.